The number of hydrogen-bond donors (Lipinski definition) is 1. The van der Waals surface area contributed by atoms with Crippen LogP contribution in [-0.2, 0) is 16.1 Å². The summed E-state index contributed by atoms with van der Waals surface area (Å²) in [5.41, 5.74) is -0.0452. The summed E-state index contributed by atoms with van der Waals surface area (Å²) in [6.07, 6.45) is 5.74. The van der Waals surface area contributed by atoms with Crippen LogP contribution in [0.4, 0.5) is 0 Å². The first-order valence-corrected chi connectivity index (χ1v) is 9.67. The molecule has 1 N–H and O–H groups in total. The standard InChI is InChI=1S/C20H21ClN2O3/c21-20-8-12-5-13(9-20)7-19(6-12,11-20)18(25)26-10-16-22-15-4-2-1-3-14(15)17(24)23-16/h1-4,12-13H,5-11H2,(H,22,23,24)/t12-,13+,19?,20?. The maximum atomic E-state index is 13.0. The Kier molecular flexibility index (Phi) is 3.48. The Morgan fingerprint density at radius 1 is 1.23 bits per heavy atom. The van der Waals surface area contributed by atoms with Gasteiger partial charge in [-0.25, -0.2) is 4.98 Å². The lowest BCUT2D eigenvalue weighted by Gasteiger charge is -2.58. The Balaban J connectivity index is 1.36. The monoisotopic (exact) mass is 372 g/mol. The molecule has 6 rings (SSSR count). The maximum absolute atomic E-state index is 13.0. The number of para-hydroxylation sites is 1. The Morgan fingerprint density at radius 3 is 2.69 bits per heavy atom. The van der Waals surface area contributed by atoms with Crippen LogP contribution in [0, 0.1) is 17.3 Å². The van der Waals surface area contributed by atoms with E-state index in [2.05, 4.69) is 9.97 Å². The summed E-state index contributed by atoms with van der Waals surface area (Å²) in [6.45, 7) is -0.00865. The summed E-state index contributed by atoms with van der Waals surface area (Å²) in [4.78, 5) is 32.0. The molecule has 26 heavy (non-hydrogen) atoms. The summed E-state index contributed by atoms with van der Waals surface area (Å²) >= 11 is 6.80. The molecule has 1 aromatic carbocycles. The van der Waals surface area contributed by atoms with Gasteiger partial charge in [-0.15, -0.1) is 11.6 Å². The second-order valence-corrected chi connectivity index (χ2v) is 9.30. The van der Waals surface area contributed by atoms with Crippen molar-refractivity contribution < 1.29 is 9.53 Å². The SMILES string of the molecule is O=C(OCc1nc2ccccc2c(=O)[nH]1)C12C[C@@H]3C[C@@H](CC(Cl)(C3)C1)C2. The third kappa shape index (κ3) is 2.56. The van der Waals surface area contributed by atoms with Gasteiger partial charge in [-0.05, 0) is 62.5 Å². The molecule has 4 aliphatic rings. The fourth-order valence-corrected chi connectivity index (χ4v) is 6.57. The molecule has 1 aromatic heterocycles. The first kappa shape index (κ1) is 16.3. The fourth-order valence-electron chi connectivity index (χ4n) is 5.88. The minimum atomic E-state index is -0.441. The number of aromatic amines is 1. The van der Waals surface area contributed by atoms with Crippen LogP contribution in [0.25, 0.3) is 10.9 Å². The average molecular weight is 373 g/mol. The number of aromatic nitrogens is 2. The van der Waals surface area contributed by atoms with E-state index in [1.165, 1.54) is 6.42 Å². The molecular formula is C20H21ClN2O3. The molecule has 0 radical (unpaired) electrons. The molecule has 5 nitrogen and oxygen atoms in total. The van der Waals surface area contributed by atoms with Crippen molar-refractivity contribution in [3.63, 3.8) is 0 Å². The second-order valence-electron chi connectivity index (χ2n) is 8.50. The zero-order valence-corrected chi connectivity index (χ0v) is 15.2. The highest BCUT2D eigenvalue weighted by Gasteiger charge is 2.60. The van der Waals surface area contributed by atoms with Gasteiger partial charge < -0.3 is 9.72 Å². The zero-order chi connectivity index (χ0) is 17.9. The van der Waals surface area contributed by atoms with Gasteiger partial charge in [0.05, 0.1) is 16.3 Å². The molecule has 0 saturated heterocycles. The van der Waals surface area contributed by atoms with Gasteiger partial charge in [0.25, 0.3) is 5.56 Å². The molecular weight excluding hydrogens is 352 g/mol. The lowest BCUT2D eigenvalue weighted by Crippen LogP contribution is -2.56. The lowest BCUT2D eigenvalue weighted by atomic mass is 9.49. The van der Waals surface area contributed by atoms with Crippen molar-refractivity contribution in [3.8, 4) is 0 Å². The average Bonchev–Trinajstić information content (AvgIpc) is 2.57. The Bertz CT molecular complexity index is 939. The van der Waals surface area contributed by atoms with Gasteiger partial charge >= 0.3 is 5.97 Å². The van der Waals surface area contributed by atoms with Crippen LogP contribution in [0.3, 0.4) is 0 Å². The van der Waals surface area contributed by atoms with E-state index in [1.54, 1.807) is 18.2 Å². The molecule has 136 valence electrons. The number of rotatable bonds is 3. The molecule has 0 spiro atoms. The number of benzene rings is 1. The van der Waals surface area contributed by atoms with Crippen LogP contribution in [0.15, 0.2) is 29.1 Å². The molecule has 2 unspecified atom stereocenters. The molecule has 2 aromatic rings. The van der Waals surface area contributed by atoms with Crippen LogP contribution >= 0.6 is 11.6 Å². The summed E-state index contributed by atoms with van der Waals surface area (Å²) in [7, 11) is 0. The van der Waals surface area contributed by atoms with Crippen molar-refractivity contribution in [1.82, 2.24) is 9.97 Å². The van der Waals surface area contributed by atoms with Crippen molar-refractivity contribution in [2.75, 3.05) is 0 Å². The number of ether oxygens (including phenoxy) is 1. The zero-order valence-electron chi connectivity index (χ0n) is 14.5. The molecule has 4 bridgehead atoms. The van der Waals surface area contributed by atoms with Crippen molar-refractivity contribution in [1.29, 1.82) is 0 Å². The first-order chi connectivity index (χ1) is 12.4. The number of nitrogens with one attached hydrogen (secondary N) is 1. The van der Waals surface area contributed by atoms with Crippen LogP contribution < -0.4 is 5.56 Å². The third-order valence-electron chi connectivity index (χ3n) is 6.42. The topological polar surface area (TPSA) is 72.0 Å². The van der Waals surface area contributed by atoms with Gasteiger partial charge in [0.1, 0.15) is 12.4 Å². The molecule has 4 fully saturated rings. The molecule has 0 aliphatic heterocycles. The molecule has 4 saturated carbocycles. The van der Waals surface area contributed by atoms with Gasteiger partial charge in [-0.2, -0.15) is 0 Å². The van der Waals surface area contributed by atoms with Gasteiger partial charge in [0.2, 0.25) is 0 Å². The number of halogens is 1. The van der Waals surface area contributed by atoms with Gasteiger partial charge in [-0.1, -0.05) is 12.1 Å². The van der Waals surface area contributed by atoms with E-state index >= 15 is 0 Å². The van der Waals surface area contributed by atoms with Gasteiger partial charge in [0.15, 0.2) is 0 Å². The predicted octanol–water partition coefficient (Wildman–Crippen LogP) is 3.54. The largest absolute Gasteiger partial charge is 0.457 e. The normalized spacial score (nSPS) is 35.0. The van der Waals surface area contributed by atoms with E-state index in [0.29, 0.717) is 28.6 Å². The number of H-pyrrole nitrogens is 1. The van der Waals surface area contributed by atoms with Crippen LogP contribution in [0.2, 0.25) is 0 Å². The van der Waals surface area contributed by atoms with Crippen LogP contribution in [0.1, 0.15) is 44.3 Å². The van der Waals surface area contributed by atoms with Crippen molar-refractivity contribution in [2.24, 2.45) is 17.3 Å². The Hall–Kier alpha value is -1.88. The highest BCUT2D eigenvalue weighted by Crippen LogP contribution is 2.64. The first-order valence-electron chi connectivity index (χ1n) is 9.29. The lowest BCUT2D eigenvalue weighted by molar-refractivity contribution is -0.171. The number of esters is 1. The number of hydrogen-bond acceptors (Lipinski definition) is 4. The van der Waals surface area contributed by atoms with E-state index in [9.17, 15) is 9.59 Å². The van der Waals surface area contributed by atoms with Crippen molar-refractivity contribution >= 4 is 28.5 Å². The van der Waals surface area contributed by atoms with Crippen molar-refractivity contribution in [2.45, 2.75) is 50.0 Å². The maximum Gasteiger partial charge on any atom is 0.312 e. The molecule has 4 aliphatic carbocycles. The van der Waals surface area contributed by atoms with E-state index < -0.39 is 5.41 Å². The van der Waals surface area contributed by atoms with Gasteiger partial charge in [0, 0.05) is 4.87 Å². The quantitative estimate of drug-likeness (QED) is 0.660. The minimum absolute atomic E-state index is 0.00865. The molecule has 0 amide bonds. The smallest absolute Gasteiger partial charge is 0.312 e. The van der Waals surface area contributed by atoms with Gasteiger partial charge in [-0.3, -0.25) is 9.59 Å². The fraction of sp³-hybridized carbons (Fsp3) is 0.550. The summed E-state index contributed by atoms with van der Waals surface area (Å²) < 4.78 is 5.63. The Morgan fingerprint density at radius 2 is 1.96 bits per heavy atom. The summed E-state index contributed by atoms with van der Waals surface area (Å²) in [5, 5.41) is 0.535. The van der Waals surface area contributed by atoms with Crippen LogP contribution in [-0.4, -0.2) is 20.8 Å². The number of carbonyl (C=O) groups is 1. The van der Waals surface area contributed by atoms with Crippen LogP contribution in [0.5, 0.6) is 0 Å². The minimum Gasteiger partial charge on any atom is -0.457 e. The molecule has 6 heteroatoms. The number of carbonyl (C=O) groups excluding carboxylic acids is 1. The third-order valence-corrected chi connectivity index (χ3v) is 6.87. The van der Waals surface area contributed by atoms with E-state index in [4.69, 9.17) is 16.3 Å². The molecule has 4 atom stereocenters. The summed E-state index contributed by atoms with van der Waals surface area (Å²) in [5.74, 6) is 1.29. The van der Waals surface area contributed by atoms with E-state index in [-0.39, 0.29) is 23.0 Å². The number of nitrogens with zero attached hydrogens (tertiary/aromatic N) is 1. The Labute approximate surface area is 156 Å². The number of alkyl halides is 1. The highest BCUT2D eigenvalue weighted by atomic mass is 35.5. The molecule has 1 heterocycles. The second kappa shape index (κ2) is 5.56. The van der Waals surface area contributed by atoms with E-state index in [1.807, 2.05) is 6.07 Å². The highest BCUT2D eigenvalue weighted by molar-refractivity contribution is 6.24. The van der Waals surface area contributed by atoms with Crippen molar-refractivity contribution in [3.05, 3.63) is 40.4 Å². The van der Waals surface area contributed by atoms with E-state index in [0.717, 1.165) is 32.1 Å². The summed E-state index contributed by atoms with van der Waals surface area (Å²) in [6, 6.07) is 7.15. The number of fused-ring (bicyclic) bond motifs is 1. The predicted molar refractivity (Wildman–Crippen MR) is 97.9 cm³/mol.